The first-order valence-electron chi connectivity index (χ1n) is 5.07. The van der Waals surface area contributed by atoms with Gasteiger partial charge >= 0.3 is 6.09 Å². The predicted octanol–water partition coefficient (Wildman–Crippen LogP) is 0.136. The molecule has 0 aromatic heterocycles. The molecular weight excluding hydrogens is 212 g/mol. The number of aliphatic hydroxyl groups is 1. The largest absolute Gasteiger partial charge is 0.444 e. The number of hydrogen-bond acceptors (Lipinski definition) is 4. The molecule has 94 valence electrons. The number of carbonyl (C=O) groups excluding carboxylic acids is 2. The van der Waals surface area contributed by atoms with Gasteiger partial charge in [0, 0.05) is 0 Å². The monoisotopic (exact) mass is 232 g/mol. The van der Waals surface area contributed by atoms with Crippen LogP contribution in [0.15, 0.2) is 0 Å². The molecule has 6 nitrogen and oxygen atoms in total. The van der Waals surface area contributed by atoms with E-state index in [9.17, 15) is 14.7 Å². The molecule has 0 saturated heterocycles. The molecule has 4 N–H and O–H groups in total. The third kappa shape index (κ3) is 7.05. The lowest BCUT2D eigenvalue weighted by atomic mass is 10.1. The Kier molecular flexibility index (Phi) is 5.23. The normalized spacial score (nSPS) is 15.1. The van der Waals surface area contributed by atoms with Gasteiger partial charge in [0.1, 0.15) is 5.60 Å². The van der Waals surface area contributed by atoms with Gasteiger partial charge in [0.2, 0.25) is 5.91 Å². The van der Waals surface area contributed by atoms with Gasteiger partial charge in [-0.25, -0.2) is 4.79 Å². The number of nitrogens with one attached hydrogen (secondary N) is 1. The minimum atomic E-state index is -1.01. The van der Waals surface area contributed by atoms with Crippen LogP contribution >= 0.6 is 0 Å². The van der Waals surface area contributed by atoms with E-state index in [-0.39, 0.29) is 6.42 Å². The number of primary amides is 1. The van der Waals surface area contributed by atoms with Crippen LogP contribution in [0.25, 0.3) is 0 Å². The van der Waals surface area contributed by atoms with Crippen LogP contribution in [0.4, 0.5) is 4.79 Å². The molecule has 2 atom stereocenters. The first-order chi connectivity index (χ1) is 7.11. The van der Waals surface area contributed by atoms with E-state index < -0.39 is 29.7 Å². The zero-order valence-corrected chi connectivity index (χ0v) is 10.1. The zero-order valence-electron chi connectivity index (χ0n) is 10.1. The second kappa shape index (κ2) is 5.69. The SMILES string of the molecule is C[C@H](NC(=O)OC(C)(C)C)C(O)CC(N)=O. The predicted molar refractivity (Wildman–Crippen MR) is 58.6 cm³/mol. The van der Waals surface area contributed by atoms with Crippen LogP contribution in [0, 0.1) is 0 Å². The summed E-state index contributed by atoms with van der Waals surface area (Å²) in [5, 5.41) is 11.9. The molecule has 0 heterocycles. The Bertz CT molecular complexity index is 260. The summed E-state index contributed by atoms with van der Waals surface area (Å²) in [6.45, 7) is 6.77. The Labute approximate surface area is 95.1 Å². The summed E-state index contributed by atoms with van der Waals surface area (Å²) in [5.41, 5.74) is 4.32. The van der Waals surface area contributed by atoms with Gasteiger partial charge in [-0.05, 0) is 27.7 Å². The summed E-state index contributed by atoms with van der Waals surface area (Å²) < 4.78 is 4.99. The minimum absolute atomic E-state index is 0.197. The van der Waals surface area contributed by atoms with Gasteiger partial charge < -0.3 is 20.9 Å². The number of carbonyl (C=O) groups is 2. The first-order valence-corrected chi connectivity index (χ1v) is 5.07. The quantitative estimate of drug-likeness (QED) is 0.641. The topological polar surface area (TPSA) is 102 Å². The number of ether oxygens (including phenoxy) is 1. The van der Waals surface area contributed by atoms with Crippen molar-refractivity contribution in [2.75, 3.05) is 0 Å². The Morgan fingerprint density at radius 1 is 1.44 bits per heavy atom. The fourth-order valence-electron chi connectivity index (χ4n) is 0.973. The van der Waals surface area contributed by atoms with E-state index >= 15 is 0 Å². The maximum absolute atomic E-state index is 11.3. The van der Waals surface area contributed by atoms with Crippen LogP contribution in [0.5, 0.6) is 0 Å². The van der Waals surface area contributed by atoms with Crippen LogP contribution in [0.1, 0.15) is 34.1 Å². The molecule has 16 heavy (non-hydrogen) atoms. The number of alkyl carbamates (subject to hydrolysis) is 1. The third-order valence-electron chi connectivity index (χ3n) is 1.73. The minimum Gasteiger partial charge on any atom is -0.444 e. The highest BCUT2D eigenvalue weighted by Gasteiger charge is 2.22. The molecule has 0 radical (unpaired) electrons. The summed E-state index contributed by atoms with van der Waals surface area (Å²) in [6, 6.07) is -0.595. The van der Waals surface area contributed by atoms with E-state index in [1.54, 1.807) is 27.7 Å². The van der Waals surface area contributed by atoms with E-state index in [0.717, 1.165) is 0 Å². The number of amides is 2. The molecule has 0 aliphatic rings. The highest BCUT2D eigenvalue weighted by Crippen LogP contribution is 2.07. The first kappa shape index (κ1) is 14.7. The Morgan fingerprint density at radius 2 is 1.94 bits per heavy atom. The highest BCUT2D eigenvalue weighted by molar-refractivity contribution is 5.74. The third-order valence-corrected chi connectivity index (χ3v) is 1.73. The van der Waals surface area contributed by atoms with Crippen molar-refractivity contribution in [3.63, 3.8) is 0 Å². The maximum atomic E-state index is 11.3. The van der Waals surface area contributed by atoms with Crippen LogP contribution in [-0.2, 0) is 9.53 Å². The van der Waals surface area contributed by atoms with Gasteiger partial charge in [-0.3, -0.25) is 4.79 Å². The fraction of sp³-hybridized carbons (Fsp3) is 0.800. The molecule has 1 unspecified atom stereocenters. The Morgan fingerprint density at radius 3 is 2.31 bits per heavy atom. The molecule has 2 amide bonds. The summed E-state index contributed by atoms with van der Waals surface area (Å²) in [7, 11) is 0. The summed E-state index contributed by atoms with van der Waals surface area (Å²) in [5.74, 6) is -0.620. The molecule has 0 spiro atoms. The number of rotatable bonds is 4. The standard InChI is InChI=1S/C10H20N2O4/c1-6(7(13)5-8(11)14)12-9(15)16-10(2,3)4/h6-7,13H,5H2,1-4H3,(H2,11,14)(H,12,15)/t6-,7?/m0/s1. The van der Waals surface area contributed by atoms with Crippen molar-refractivity contribution in [1.29, 1.82) is 0 Å². The van der Waals surface area contributed by atoms with Crippen LogP contribution in [-0.4, -0.2) is 34.9 Å². The van der Waals surface area contributed by atoms with Gasteiger partial charge in [0.15, 0.2) is 0 Å². The van der Waals surface area contributed by atoms with Crippen molar-refractivity contribution in [2.45, 2.75) is 51.9 Å². The van der Waals surface area contributed by atoms with Crippen LogP contribution in [0.3, 0.4) is 0 Å². The number of nitrogens with two attached hydrogens (primary N) is 1. The van der Waals surface area contributed by atoms with Crippen molar-refractivity contribution in [3.8, 4) is 0 Å². The van der Waals surface area contributed by atoms with Crippen LogP contribution < -0.4 is 11.1 Å². The van der Waals surface area contributed by atoms with Gasteiger partial charge in [-0.2, -0.15) is 0 Å². The average Bonchev–Trinajstić information content (AvgIpc) is 1.98. The van der Waals surface area contributed by atoms with Gasteiger partial charge in [0.25, 0.3) is 0 Å². The molecular formula is C10H20N2O4. The molecule has 6 heteroatoms. The maximum Gasteiger partial charge on any atom is 0.407 e. The van der Waals surface area contributed by atoms with Crippen molar-refractivity contribution >= 4 is 12.0 Å². The van der Waals surface area contributed by atoms with E-state index in [4.69, 9.17) is 10.5 Å². The van der Waals surface area contributed by atoms with Crippen molar-refractivity contribution in [3.05, 3.63) is 0 Å². The zero-order chi connectivity index (χ0) is 12.9. The second-order valence-corrected chi connectivity index (χ2v) is 4.67. The van der Waals surface area contributed by atoms with Crippen molar-refractivity contribution < 1.29 is 19.4 Å². The van der Waals surface area contributed by atoms with Gasteiger partial charge in [-0.15, -0.1) is 0 Å². The Hall–Kier alpha value is -1.30. The van der Waals surface area contributed by atoms with Gasteiger partial charge in [0.05, 0.1) is 18.6 Å². The van der Waals surface area contributed by atoms with Crippen molar-refractivity contribution in [1.82, 2.24) is 5.32 Å². The van der Waals surface area contributed by atoms with E-state index in [1.165, 1.54) is 0 Å². The molecule has 0 bridgehead atoms. The summed E-state index contributed by atoms with van der Waals surface area (Å²) in [6.07, 6.45) is -1.84. The molecule has 0 rings (SSSR count). The number of aliphatic hydroxyl groups excluding tert-OH is 1. The van der Waals surface area contributed by atoms with Crippen molar-refractivity contribution in [2.24, 2.45) is 5.73 Å². The summed E-state index contributed by atoms with van der Waals surface area (Å²) in [4.78, 5) is 21.8. The number of hydrogen-bond donors (Lipinski definition) is 3. The summed E-state index contributed by atoms with van der Waals surface area (Å²) >= 11 is 0. The van der Waals surface area contributed by atoms with E-state index in [2.05, 4.69) is 5.32 Å². The molecule has 0 saturated carbocycles. The molecule has 0 aliphatic carbocycles. The molecule has 0 aliphatic heterocycles. The van der Waals surface area contributed by atoms with E-state index in [1.807, 2.05) is 0 Å². The molecule has 0 aromatic rings. The van der Waals surface area contributed by atoms with Gasteiger partial charge in [-0.1, -0.05) is 0 Å². The fourth-order valence-corrected chi connectivity index (χ4v) is 0.973. The Balaban J connectivity index is 4.09. The second-order valence-electron chi connectivity index (χ2n) is 4.67. The average molecular weight is 232 g/mol. The van der Waals surface area contributed by atoms with E-state index in [0.29, 0.717) is 0 Å². The smallest absolute Gasteiger partial charge is 0.407 e. The lowest BCUT2D eigenvalue weighted by Gasteiger charge is -2.23. The molecule has 0 fully saturated rings. The highest BCUT2D eigenvalue weighted by atomic mass is 16.6. The lowest BCUT2D eigenvalue weighted by molar-refractivity contribution is -0.120. The lowest BCUT2D eigenvalue weighted by Crippen LogP contribution is -2.44. The van der Waals surface area contributed by atoms with Crippen LogP contribution in [0.2, 0.25) is 0 Å². The molecule has 0 aromatic carbocycles.